The number of fused-ring (bicyclic) bond motifs is 1. The Hall–Kier alpha value is -2.32. The van der Waals surface area contributed by atoms with Crippen LogP contribution in [0.3, 0.4) is 0 Å². The summed E-state index contributed by atoms with van der Waals surface area (Å²) < 4.78 is 0. The zero-order valence-electron chi connectivity index (χ0n) is 10.2. The molecule has 0 fully saturated rings. The van der Waals surface area contributed by atoms with Crippen LogP contribution >= 0.6 is 11.8 Å². The molecule has 0 radical (unpaired) electrons. The van der Waals surface area contributed by atoms with Crippen molar-refractivity contribution in [3.8, 4) is 6.07 Å². The summed E-state index contributed by atoms with van der Waals surface area (Å²) in [5.41, 5.74) is 3.66. The quantitative estimate of drug-likeness (QED) is 0.773. The van der Waals surface area contributed by atoms with Crippen molar-refractivity contribution in [3.05, 3.63) is 47.7 Å². The van der Waals surface area contributed by atoms with Crippen LogP contribution in [-0.4, -0.2) is 15.0 Å². The van der Waals surface area contributed by atoms with E-state index in [1.54, 1.807) is 18.3 Å². The number of imidazole rings is 1. The molecule has 0 saturated carbocycles. The van der Waals surface area contributed by atoms with Crippen molar-refractivity contribution in [1.29, 1.82) is 5.26 Å². The van der Waals surface area contributed by atoms with Gasteiger partial charge in [-0.05, 0) is 48.5 Å². The van der Waals surface area contributed by atoms with Crippen LogP contribution < -0.4 is 0 Å². The van der Waals surface area contributed by atoms with Crippen LogP contribution in [0.4, 0.5) is 0 Å². The first-order chi connectivity index (χ1) is 9.26. The fraction of sp³-hybridized carbons (Fsp3) is 0.0714. The van der Waals surface area contributed by atoms with Gasteiger partial charge in [0.2, 0.25) is 0 Å². The van der Waals surface area contributed by atoms with Crippen molar-refractivity contribution in [2.75, 3.05) is 0 Å². The highest BCUT2D eigenvalue weighted by Gasteiger charge is 2.09. The molecule has 0 atom stereocenters. The maximum absolute atomic E-state index is 9.04. The van der Waals surface area contributed by atoms with Gasteiger partial charge in [-0.3, -0.25) is 0 Å². The minimum absolute atomic E-state index is 0.559. The molecule has 0 aliphatic heterocycles. The van der Waals surface area contributed by atoms with Gasteiger partial charge >= 0.3 is 0 Å². The Labute approximate surface area is 114 Å². The van der Waals surface area contributed by atoms with Gasteiger partial charge in [-0.15, -0.1) is 0 Å². The summed E-state index contributed by atoms with van der Waals surface area (Å²) in [6, 6.07) is 11.7. The summed E-state index contributed by atoms with van der Waals surface area (Å²) >= 11 is 1.37. The number of nitrogens with zero attached hydrogens (tertiary/aromatic N) is 3. The van der Waals surface area contributed by atoms with E-state index in [0.29, 0.717) is 10.6 Å². The highest BCUT2D eigenvalue weighted by Crippen LogP contribution is 2.27. The molecule has 92 valence electrons. The van der Waals surface area contributed by atoms with E-state index in [0.717, 1.165) is 16.2 Å². The molecule has 3 aromatic rings. The second kappa shape index (κ2) is 4.75. The lowest BCUT2D eigenvalue weighted by Crippen LogP contribution is -1.85. The molecule has 19 heavy (non-hydrogen) atoms. The molecular formula is C14H10N4S. The molecule has 0 aliphatic rings. The van der Waals surface area contributed by atoms with Crippen LogP contribution in [0, 0.1) is 18.3 Å². The number of pyridine rings is 1. The summed E-state index contributed by atoms with van der Waals surface area (Å²) in [7, 11) is 0. The highest BCUT2D eigenvalue weighted by molar-refractivity contribution is 7.99. The molecule has 1 N–H and O–H groups in total. The second-order valence-electron chi connectivity index (χ2n) is 4.13. The number of rotatable bonds is 2. The summed E-state index contributed by atoms with van der Waals surface area (Å²) in [4.78, 5) is 11.9. The van der Waals surface area contributed by atoms with Gasteiger partial charge in [0.1, 0.15) is 11.1 Å². The van der Waals surface area contributed by atoms with Crippen LogP contribution in [0.1, 0.15) is 11.1 Å². The SMILES string of the molecule is Cc1ccc2nc(Sc3ncccc3C#N)[nH]c2c1. The predicted octanol–water partition coefficient (Wildman–Crippen LogP) is 3.29. The predicted molar refractivity (Wildman–Crippen MR) is 73.9 cm³/mol. The van der Waals surface area contributed by atoms with Gasteiger partial charge in [-0.1, -0.05) is 6.07 Å². The molecule has 0 aliphatic carbocycles. The first-order valence-corrected chi connectivity index (χ1v) is 6.57. The molecule has 3 rings (SSSR count). The van der Waals surface area contributed by atoms with Crippen molar-refractivity contribution in [3.63, 3.8) is 0 Å². The van der Waals surface area contributed by atoms with Gasteiger partial charge in [0, 0.05) is 6.20 Å². The molecule has 0 saturated heterocycles. The number of hydrogen-bond acceptors (Lipinski definition) is 4. The third-order valence-corrected chi connectivity index (χ3v) is 3.61. The molecule has 2 heterocycles. The van der Waals surface area contributed by atoms with Crippen molar-refractivity contribution in [1.82, 2.24) is 15.0 Å². The Bertz CT molecular complexity index is 785. The van der Waals surface area contributed by atoms with Crippen molar-refractivity contribution in [2.45, 2.75) is 17.1 Å². The van der Waals surface area contributed by atoms with Crippen LogP contribution in [-0.2, 0) is 0 Å². The van der Waals surface area contributed by atoms with Crippen molar-refractivity contribution >= 4 is 22.8 Å². The molecule has 1 aromatic carbocycles. The van der Waals surface area contributed by atoms with Gasteiger partial charge in [-0.2, -0.15) is 5.26 Å². The monoisotopic (exact) mass is 266 g/mol. The molecular weight excluding hydrogens is 256 g/mol. The maximum atomic E-state index is 9.04. The van der Waals surface area contributed by atoms with Crippen LogP contribution in [0.25, 0.3) is 11.0 Å². The van der Waals surface area contributed by atoms with Gasteiger partial charge in [0.05, 0.1) is 16.6 Å². The highest BCUT2D eigenvalue weighted by atomic mass is 32.2. The molecule has 0 spiro atoms. The lowest BCUT2D eigenvalue weighted by Gasteiger charge is -1.98. The normalized spacial score (nSPS) is 10.5. The standard InChI is InChI=1S/C14H10N4S/c1-9-4-5-11-12(7-9)18-14(17-11)19-13-10(8-15)3-2-6-16-13/h2-7H,1H3,(H,17,18). The Morgan fingerprint density at radius 2 is 2.21 bits per heavy atom. The minimum Gasteiger partial charge on any atom is -0.333 e. The Morgan fingerprint density at radius 3 is 3.05 bits per heavy atom. The maximum Gasteiger partial charge on any atom is 0.172 e. The lowest BCUT2D eigenvalue weighted by atomic mass is 10.2. The first kappa shape index (κ1) is 11.8. The zero-order valence-corrected chi connectivity index (χ0v) is 11.0. The van der Waals surface area contributed by atoms with Gasteiger partial charge < -0.3 is 4.98 Å². The topological polar surface area (TPSA) is 65.4 Å². The number of aromatic nitrogens is 3. The van der Waals surface area contributed by atoms with Gasteiger partial charge in [0.15, 0.2) is 5.16 Å². The van der Waals surface area contributed by atoms with E-state index < -0.39 is 0 Å². The average molecular weight is 266 g/mol. The smallest absolute Gasteiger partial charge is 0.172 e. The minimum atomic E-state index is 0.559. The number of H-pyrrole nitrogens is 1. The summed E-state index contributed by atoms with van der Waals surface area (Å²) in [5, 5.41) is 10.5. The second-order valence-corrected chi connectivity index (χ2v) is 5.11. The Balaban J connectivity index is 1.99. The van der Waals surface area contributed by atoms with Crippen molar-refractivity contribution < 1.29 is 0 Å². The Morgan fingerprint density at radius 1 is 1.32 bits per heavy atom. The number of benzene rings is 1. The largest absolute Gasteiger partial charge is 0.333 e. The fourth-order valence-electron chi connectivity index (χ4n) is 1.80. The van der Waals surface area contributed by atoms with E-state index in [1.807, 2.05) is 19.1 Å². The molecule has 0 unspecified atom stereocenters. The van der Waals surface area contributed by atoms with Crippen LogP contribution in [0.5, 0.6) is 0 Å². The summed E-state index contributed by atoms with van der Waals surface area (Å²) in [6.45, 7) is 2.04. The number of aryl methyl sites for hydroxylation is 1. The average Bonchev–Trinajstić information content (AvgIpc) is 2.80. The number of nitriles is 1. The summed E-state index contributed by atoms with van der Waals surface area (Å²) in [6.07, 6.45) is 1.68. The zero-order chi connectivity index (χ0) is 13.2. The molecule has 5 heteroatoms. The third-order valence-electron chi connectivity index (χ3n) is 2.70. The lowest BCUT2D eigenvalue weighted by molar-refractivity contribution is 1.05. The van der Waals surface area contributed by atoms with E-state index in [1.165, 1.54) is 17.3 Å². The van der Waals surface area contributed by atoms with Gasteiger partial charge in [0.25, 0.3) is 0 Å². The van der Waals surface area contributed by atoms with Crippen molar-refractivity contribution in [2.24, 2.45) is 0 Å². The van der Waals surface area contributed by atoms with E-state index in [-0.39, 0.29) is 0 Å². The first-order valence-electron chi connectivity index (χ1n) is 5.75. The Kier molecular flexibility index (Phi) is 2.94. The van der Waals surface area contributed by atoms with E-state index >= 15 is 0 Å². The molecule has 4 nitrogen and oxygen atoms in total. The number of aromatic amines is 1. The third kappa shape index (κ3) is 2.30. The number of hydrogen-bond donors (Lipinski definition) is 1. The fourth-order valence-corrected chi connectivity index (χ4v) is 2.62. The number of nitrogens with one attached hydrogen (secondary N) is 1. The van der Waals surface area contributed by atoms with Crippen LogP contribution in [0.2, 0.25) is 0 Å². The molecule has 0 bridgehead atoms. The van der Waals surface area contributed by atoms with E-state index in [9.17, 15) is 0 Å². The summed E-state index contributed by atoms with van der Waals surface area (Å²) in [5.74, 6) is 0. The molecule has 0 amide bonds. The molecule has 2 aromatic heterocycles. The van der Waals surface area contributed by atoms with Crippen LogP contribution in [0.15, 0.2) is 46.7 Å². The van der Waals surface area contributed by atoms with E-state index in [4.69, 9.17) is 5.26 Å². The van der Waals surface area contributed by atoms with E-state index in [2.05, 4.69) is 27.1 Å². The van der Waals surface area contributed by atoms with Gasteiger partial charge in [-0.25, -0.2) is 9.97 Å².